The van der Waals surface area contributed by atoms with Gasteiger partial charge in [0.05, 0.1) is 12.5 Å². The molecule has 1 N–H and O–H groups in total. The van der Waals surface area contributed by atoms with Gasteiger partial charge in [-0.05, 0) is 68.1 Å². The smallest absolute Gasteiger partial charge is 0.228 e. The maximum atomic E-state index is 13.6. The van der Waals surface area contributed by atoms with Crippen molar-refractivity contribution in [3.8, 4) is 16.9 Å². The highest BCUT2D eigenvalue weighted by Crippen LogP contribution is 2.38. The quantitative estimate of drug-likeness (QED) is 0.548. The van der Waals surface area contributed by atoms with E-state index < -0.39 is 5.41 Å². The molecular formula is C28H33N3O2. The Morgan fingerprint density at radius 3 is 2.76 bits per heavy atom. The summed E-state index contributed by atoms with van der Waals surface area (Å²) in [5.41, 5.74) is 4.15. The lowest BCUT2D eigenvalue weighted by molar-refractivity contribution is -0.131. The number of hydrogen-bond donors (Lipinski definition) is 1. The lowest BCUT2D eigenvalue weighted by Crippen LogP contribution is -2.46. The van der Waals surface area contributed by atoms with Crippen LogP contribution >= 0.6 is 0 Å². The van der Waals surface area contributed by atoms with E-state index in [1.807, 2.05) is 38.2 Å². The topological polar surface area (TPSA) is 54.5 Å². The Labute approximate surface area is 196 Å². The van der Waals surface area contributed by atoms with Gasteiger partial charge in [0, 0.05) is 37.1 Å². The zero-order chi connectivity index (χ0) is 23.3. The summed E-state index contributed by atoms with van der Waals surface area (Å²) in [4.78, 5) is 20.2. The number of nitrogens with one attached hydrogen (secondary N) is 1. The van der Waals surface area contributed by atoms with Crippen LogP contribution in [0, 0.1) is 5.41 Å². The molecule has 0 saturated carbocycles. The molecule has 5 heteroatoms. The van der Waals surface area contributed by atoms with Gasteiger partial charge in [-0.2, -0.15) is 0 Å². The van der Waals surface area contributed by atoms with Crippen LogP contribution in [0.1, 0.15) is 31.4 Å². The second-order valence-electron chi connectivity index (χ2n) is 9.30. The maximum Gasteiger partial charge on any atom is 0.228 e. The van der Waals surface area contributed by atoms with Gasteiger partial charge in [-0.1, -0.05) is 42.5 Å². The zero-order valence-corrected chi connectivity index (χ0v) is 19.8. The van der Waals surface area contributed by atoms with Crippen LogP contribution in [0.25, 0.3) is 11.1 Å². The van der Waals surface area contributed by atoms with E-state index in [2.05, 4.69) is 57.7 Å². The average Bonchev–Trinajstić information content (AvgIpc) is 3.23. The molecule has 1 aliphatic rings. The summed E-state index contributed by atoms with van der Waals surface area (Å²) in [6, 6.07) is 20.7. The normalized spacial score (nSPS) is 18.4. The van der Waals surface area contributed by atoms with Crippen LogP contribution in [0.3, 0.4) is 0 Å². The van der Waals surface area contributed by atoms with Gasteiger partial charge in [0.15, 0.2) is 0 Å². The van der Waals surface area contributed by atoms with Crippen LogP contribution in [0.2, 0.25) is 0 Å². The second kappa shape index (κ2) is 10.2. The zero-order valence-electron chi connectivity index (χ0n) is 19.8. The van der Waals surface area contributed by atoms with Crippen molar-refractivity contribution < 1.29 is 9.53 Å². The summed E-state index contributed by atoms with van der Waals surface area (Å²) < 4.78 is 5.39. The second-order valence-corrected chi connectivity index (χ2v) is 9.30. The Kier molecular flexibility index (Phi) is 7.09. The lowest BCUT2D eigenvalue weighted by Gasteiger charge is -2.30. The Bertz CT molecular complexity index is 1080. The number of carbonyl (C=O) groups is 1. The summed E-state index contributed by atoms with van der Waals surface area (Å²) >= 11 is 0. The molecule has 4 rings (SSSR count). The molecule has 0 spiro atoms. The molecule has 1 fully saturated rings. The SMILES string of the molecule is COc1cccc(CN2CC[C@@](Cc3ccccc3-c3cccnc3)(C(=O)NC(C)C)C2)c1. The molecular weight excluding hydrogens is 410 g/mol. The number of rotatable bonds is 8. The van der Waals surface area contributed by atoms with Gasteiger partial charge in [-0.15, -0.1) is 0 Å². The van der Waals surface area contributed by atoms with Crippen LogP contribution in [0.15, 0.2) is 73.1 Å². The Morgan fingerprint density at radius 2 is 2.00 bits per heavy atom. The molecule has 3 aromatic rings. The van der Waals surface area contributed by atoms with Crippen LogP contribution in [-0.2, 0) is 17.8 Å². The van der Waals surface area contributed by atoms with E-state index >= 15 is 0 Å². The number of amides is 1. The fourth-order valence-corrected chi connectivity index (χ4v) is 4.79. The van der Waals surface area contributed by atoms with Gasteiger partial charge in [0.25, 0.3) is 0 Å². The highest BCUT2D eigenvalue weighted by Gasteiger charge is 2.45. The van der Waals surface area contributed by atoms with Gasteiger partial charge in [0.2, 0.25) is 5.91 Å². The van der Waals surface area contributed by atoms with Crippen molar-refractivity contribution in [2.75, 3.05) is 20.2 Å². The largest absolute Gasteiger partial charge is 0.497 e. The van der Waals surface area contributed by atoms with Crippen LogP contribution in [-0.4, -0.2) is 42.0 Å². The highest BCUT2D eigenvalue weighted by atomic mass is 16.5. The van der Waals surface area contributed by atoms with Crippen molar-refractivity contribution in [1.82, 2.24) is 15.2 Å². The summed E-state index contributed by atoms with van der Waals surface area (Å²) in [5, 5.41) is 3.21. The molecule has 2 aromatic carbocycles. The Hall–Kier alpha value is -3.18. The summed E-state index contributed by atoms with van der Waals surface area (Å²) in [6.07, 6.45) is 5.21. The molecule has 0 bridgehead atoms. The van der Waals surface area contributed by atoms with Crippen LogP contribution < -0.4 is 10.1 Å². The molecule has 0 aliphatic carbocycles. The van der Waals surface area contributed by atoms with Crippen molar-refractivity contribution in [2.45, 2.75) is 39.3 Å². The maximum absolute atomic E-state index is 13.6. The summed E-state index contributed by atoms with van der Waals surface area (Å²) in [7, 11) is 1.69. The molecule has 0 radical (unpaired) electrons. The van der Waals surface area contributed by atoms with E-state index in [0.717, 1.165) is 42.9 Å². The molecule has 1 aromatic heterocycles. The molecule has 2 heterocycles. The third kappa shape index (κ3) is 5.42. The van der Waals surface area contributed by atoms with E-state index in [-0.39, 0.29) is 11.9 Å². The van der Waals surface area contributed by atoms with Gasteiger partial charge in [-0.3, -0.25) is 14.7 Å². The monoisotopic (exact) mass is 443 g/mol. The molecule has 0 unspecified atom stereocenters. The minimum absolute atomic E-state index is 0.107. The first-order valence-electron chi connectivity index (χ1n) is 11.6. The van der Waals surface area contributed by atoms with E-state index in [0.29, 0.717) is 6.42 Å². The number of pyridine rings is 1. The number of methoxy groups -OCH3 is 1. The predicted octanol–water partition coefficient (Wildman–Crippen LogP) is 4.72. The number of hydrogen-bond acceptors (Lipinski definition) is 4. The van der Waals surface area contributed by atoms with E-state index in [1.165, 1.54) is 11.1 Å². The minimum Gasteiger partial charge on any atom is -0.497 e. The standard InChI is InChI=1S/C28H33N3O2/c1-21(2)30-27(32)28(13-15-31(20-28)19-22-8-6-11-25(16-22)33-3)17-23-9-4-5-12-26(23)24-10-7-14-29-18-24/h4-12,14,16,18,21H,13,15,17,19-20H2,1-3H3,(H,30,32)/t28-/m0/s1. The van der Waals surface area contributed by atoms with E-state index in [4.69, 9.17) is 4.74 Å². The van der Waals surface area contributed by atoms with Crippen molar-refractivity contribution in [3.63, 3.8) is 0 Å². The van der Waals surface area contributed by atoms with Gasteiger partial charge in [-0.25, -0.2) is 0 Å². The first-order valence-corrected chi connectivity index (χ1v) is 11.6. The summed E-state index contributed by atoms with van der Waals surface area (Å²) in [5.74, 6) is 1.01. The van der Waals surface area contributed by atoms with E-state index in [9.17, 15) is 4.79 Å². The van der Waals surface area contributed by atoms with Crippen molar-refractivity contribution >= 4 is 5.91 Å². The van der Waals surface area contributed by atoms with Gasteiger partial charge in [0.1, 0.15) is 5.75 Å². The Morgan fingerprint density at radius 1 is 1.15 bits per heavy atom. The van der Waals surface area contributed by atoms with Crippen molar-refractivity contribution in [2.24, 2.45) is 5.41 Å². The fourth-order valence-electron chi connectivity index (χ4n) is 4.79. The fraction of sp³-hybridized carbons (Fsp3) is 0.357. The average molecular weight is 444 g/mol. The molecule has 1 saturated heterocycles. The third-order valence-electron chi connectivity index (χ3n) is 6.39. The van der Waals surface area contributed by atoms with Crippen LogP contribution in [0.5, 0.6) is 5.75 Å². The highest BCUT2D eigenvalue weighted by molar-refractivity contribution is 5.84. The van der Waals surface area contributed by atoms with Crippen molar-refractivity contribution in [1.29, 1.82) is 0 Å². The third-order valence-corrected chi connectivity index (χ3v) is 6.39. The van der Waals surface area contributed by atoms with Crippen LogP contribution in [0.4, 0.5) is 0 Å². The Balaban J connectivity index is 1.61. The molecule has 1 amide bonds. The minimum atomic E-state index is -0.471. The number of benzene rings is 2. The number of ether oxygens (including phenoxy) is 1. The molecule has 1 atom stereocenters. The number of nitrogens with zero attached hydrogens (tertiary/aromatic N) is 2. The molecule has 33 heavy (non-hydrogen) atoms. The number of aromatic nitrogens is 1. The molecule has 1 aliphatic heterocycles. The summed E-state index contributed by atoms with van der Waals surface area (Å²) in [6.45, 7) is 6.47. The van der Waals surface area contributed by atoms with Gasteiger partial charge >= 0.3 is 0 Å². The first kappa shape index (κ1) is 23.0. The molecule has 172 valence electrons. The predicted molar refractivity (Wildman–Crippen MR) is 132 cm³/mol. The lowest BCUT2D eigenvalue weighted by atomic mass is 9.78. The number of likely N-dealkylation sites (tertiary alicyclic amines) is 1. The van der Waals surface area contributed by atoms with E-state index in [1.54, 1.807) is 13.3 Å². The first-order chi connectivity index (χ1) is 16.0. The molecule has 5 nitrogen and oxygen atoms in total. The number of carbonyl (C=O) groups excluding carboxylic acids is 1. The van der Waals surface area contributed by atoms with Crippen molar-refractivity contribution in [3.05, 3.63) is 84.2 Å². The van der Waals surface area contributed by atoms with Gasteiger partial charge < -0.3 is 10.1 Å².